The van der Waals surface area contributed by atoms with Gasteiger partial charge in [0.15, 0.2) is 0 Å². The first-order valence-corrected chi connectivity index (χ1v) is 5.66. The minimum atomic E-state index is -0.228. The summed E-state index contributed by atoms with van der Waals surface area (Å²) in [5.74, 6) is -0.228. The van der Waals surface area contributed by atoms with Crippen LogP contribution in [-0.2, 0) is 14.3 Å². The Balaban J connectivity index is 3.95. The molecule has 0 aliphatic rings. The van der Waals surface area contributed by atoms with Crippen LogP contribution in [0, 0.1) is 0 Å². The molecule has 0 amide bonds. The summed E-state index contributed by atoms with van der Waals surface area (Å²) in [6.07, 6.45) is 2.95. The number of esters is 1. The van der Waals surface area contributed by atoms with Gasteiger partial charge in [-0.15, -0.1) is 0 Å². The van der Waals surface area contributed by atoms with E-state index in [1.165, 1.54) is 6.92 Å². The van der Waals surface area contributed by atoms with Gasteiger partial charge in [0, 0.05) is 6.92 Å². The van der Waals surface area contributed by atoms with Crippen LogP contribution in [0.5, 0.6) is 0 Å². The average Bonchev–Trinajstić information content (AvgIpc) is 2.07. The molecule has 0 aromatic carbocycles. The molecule has 0 aliphatic carbocycles. The predicted octanol–water partition coefficient (Wildman–Crippen LogP) is 2.92. The van der Waals surface area contributed by atoms with Crippen LogP contribution in [-0.4, -0.2) is 24.3 Å². The maximum atomic E-state index is 10.9. The third-order valence-electron chi connectivity index (χ3n) is 1.91. The Bertz CT molecular complexity index is 182. The molecule has 0 aliphatic heterocycles. The van der Waals surface area contributed by atoms with Crippen LogP contribution in [0.15, 0.2) is 0 Å². The topological polar surface area (TPSA) is 35.5 Å². The predicted molar refractivity (Wildman–Crippen MR) is 60.8 cm³/mol. The third kappa shape index (κ3) is 9.73. The zero-order chi connectivity index (χ0) is 11.9. The maximum absolute atomic E-state index is 10.9. The molecule has 0 fully saturated rings. The summed E-state index contributed by atoms with van der Waals surface area (Å²) < 4.78 is 10.8. The van der Waals surface area contributed by atoms with Crippen molar-refractivity contribution >= 4 is 5.97 Å². The number of hydrogen-bond donors (Lipinski definition) is 0. The molecule has 0 aromatic rings. The van der Waals surface area contributed by atoms with Crippen molar-refractivity contribution in [2.45, 2.75) is 65.6 Å². The van der Waals surface area contributed by atoms with E-state index in [-0.39, 0.29) is 17.7 Å². The van der Waals surface area contributed by atoms with Gasteiger partial charge in [0.05, 0.1) is 12.2 Å². The monoisotopic (exact) mass is 216 g/mol. The molecule has 0 aromatic heterocycles. The fraction of sp³-hybridized carbons (Fsp3) is 0.917. The van der Waals surface area contributed by atoms with E-state index < -0.39 is 0 Å². The first kappa shape index (κ1) is 14.4. The molecule has 15 heavy (non-hydrogen) atoms. The standard InChI is InChI=1S/C12H24O3/c1-6-7-8-11(15-10(2)13)9-14-12(3,4)5/h11H,6-9H2,1-5H3. The summed E-state index contributed by atoms with van der Waals surface area (Å²) in [6, 6.07) is 0. The quantitative estimate of drug-likeness (QED) is 0.640. The number of hydrogen-bond acceptors (Lipinski definition) is 3. The Morgan fingerprint density at radius 3 is 2.33 bits per heavy atom. The summed E-state index contributed by atoms with van der Waals surface area (Å²) in [4.78, 5) is 10.9. The lowest BCUT2D eigenvalue weighted by molar-refractivity contribution is -0.153. The van der Waals surface area contributed by atoms with E-state index in [2.05, 4.69) is 6.92 Å². The fourth-order valence-electron chi connectivity index (χ4n) is 1.19. The molecule has 0 bridgehead atoms. The molecule has 1 unspecified atom stereocenters. The van der Waals surface area contributed by atoms with Crippen LogP contribution in [0.2, 0.25) is 0 Å². The Hall–Kier alpha value is -0.570. The van der Waals surface area contributed by atoms with E-state index >= 15 is 0 Å². The fourth-order valence-corrected chi connectivity index (χ4v) is 1.19. The normalized spacial score (nSPS) is 13.7. The van der Waals surface area contributed by atoms with Gasteiger partial charge in [-0.1, -0.05) is 13.3 Å². The van der Waals surface area contributed by atoms with E-state index in [0.717, 1.165) is 19.3 Å². The van der Waals surface area contributed by atoms with Crippen LogP contribution >= 0.6 is 0 Å². The number of carbonyl (C=O) groups is 1. The molecular weight excluding hydrogens is 192 g/mol. The van der Waals surface area contributed by atoms with Crippen LogP contribution in [0.1, 0.15) is 53.9 Å². The van der Waals surface area contributed by atoms with Gasteiger partial charge in [0.1, 0.15) is 6.10 Å². The molecule has 0 saturated heterocycles. The van der Waals surface area contributed by atoms with Gasteiger partial charge in [0.25, 0.3) is 0 Å². The molecule has 0 rings (SSSR count). The second-order valence-electron chi connectivity index (χ2n) is 4.80. The lowest BCUT2D eigenvalue weighted by Crippen LogP contribution is -2.29. The van der Waals surface area contributed by atoms with Crippen LogP contribution in [0.25, 0.3) is 0 Å². The highest BCUT2D eigenvalue weighted by Gasteiger charge is 2.17. The maximum Gasteiger partial charge on any atom is 0.302 e. The first-order chi connectivity index (χ1) is 6.85. The summed E-state index contributed by atoms with van der Waals surface area (Å²) in [6.45, 7) is 10.0. The smallest absolute Gasteiger partial charge is 0.302 e. The minimum absolute atomic E-state index is 0.0957. The first-order valence-electron chi connectivity index (χ1n) is 5.66. The highest BCUT2D eigenvalue weighted by molar-refractivity contribution is 5.66. The van der Waals surface area contributed by atoms with Crippen molar-refractivity contribution in [3.05, 3.63) is 0 Å². The van der Waals surface area contributed by atoms with Crippen molar-refractivity contribution in [1.29, 1.82) is 0 Å². The molecule has 1 atom stereocenters. The van der Waals surface area contributed by atoms with Gasteiger partial charge in [-0.2, -0.15) is 0 Å². The van der Waals surface area contributed by atoms with Gasteiger partial charge in [0.2, 0.25) is 0 Å². The molecule has 90 valence electrons. The third-order valence-corrected chi connectivity index (χ3v) is 1.91. The molecule has 0 spiro atoms. The molecular formula is C12H24O3. The van der Waals surface area contributed by atoms with Crippen molar-refractivity contribution in [3.63, 3.8) is 0 Å². The molecule has 0 N–H and O–H groups in total. The second kappa shape index (κ2) is 6.83. The van der Waals surface area contributed by atoms with Gasteiger partial charge < -0.3 is 9.47 Å². The summed E-state index contributed by atoms with van der Waals surface area (Å²) in [5, 5.41) is 0. The zero-order valence-electron chi connectivity index (χ0n) is 10.6. The van der Waals surface area contributed by atoms with E-state index in [1.54, 1.807) is 0 Å². The number of ether oxygens (including phenoxy) is 2. The van der Waals surface area contributed by atoms with Crippen LogP contribution in [0.4, 0.5) is 0 Å². The number of carbonyl (C=O) groups excluding carboxylic acids is 1. The Morgan fingerprint density at radius 2 is 1.93 bits per heavy atom. The van der Waals surface area contributed by atoms with E-state index in [0.29, 0.717) is 6.61 Å². The zero-order valence-corrected chi connectivity index (χ0v) is 10.6. The van der Waals surface area contributed by atoms with Gasteiger partial charge >= 0.3 is 5.97 Å². The average molecular weight is 216 g/mol. The highest BCUT2D eigenvalue weighted by atomic mass is 16.6. The highest BCUT2D eigenvalue weighted by Crippen LogP contribution is 2.12. The van der Waals surface area contributed by atoms with E-state index in [9.17, 15) is 4.79 Å². The van der Waals surface area contributed by atoms with Crippen molar-refractivity contribution in [2.24, 2.45) is 0 Å². The van der Waals surface area contributed by atoms with Gasteiger partial charge in [-0.05, 0) is 33.6 Å². The van der Waals surface area contributed by atoms with E-state index in [1.807, 2.05) is 20.8 Å². The number of rotatable bonds is 6. The van der Waals surface area contributed by atoms with Crippen molar-refractivity contribution in [2.75, 3.05) is 6.61 Å². The van der Waals surface area contributed by atoms with E-state index in [4.69, 9.17) is 9.47 Å². The molecule has 3 nitrogen and oxygen atoms in total. The Kier molecular flexibility index (Phi) is 6.57. The van der Waals surface area contributed by atoms with Gasteiger partial charge in [-0.25, -0.2) is 0 Å². The summed E-state index contributed by atoms with van der Waals surface area (Å²) >= 11 is 0. The van der Waals surface area contributed by atoms with Crippen LogP contribution in [0.3, 0.4) is 0 Å². The lowest BCUT2D eigenvalue weighted by atomic mass is 10.1. The Labute approximate surface area is 93.1 Å². The van der Waals surface area contributed by atoms with Crippen molar-refractivity contribution in [3.8, 4) is 0 Å². The molecule has 0 heterocycles. The van der Waals surface area contributed by atoms with Crippen LogP contribution < -0.4 is 0 Å². The second-order valence-corrected chi connectivity index (χ2v) is 4.80. The lowest BCUT2D eigenvalue weighted by Gasteiger charge is -2.24. The van der Waals surface area contributed by atoms with Crippen molar-refractivity contribution < 1.29 is 14.3 Å². The molecule has 0 saturated carbocycles. The number of unbranched alkanes of at least 4 members (excludes halogenated alkanes) is 1. The Morgan fingerprint density at radius 1 is 1.33 bits per heavy atom. The summed E-state index contributed by atoms with van der Waals surface area (Å²) in [5.41, 5.74) is -0.176. The molecule has 3 heteroatoms. The minimum Gasteiger partial charge on any atom is -0.460 e. The summed E-state index contributed by atoms with van der Waals surface area (Å²) in [7, 11) is 0. The van der Waals surface area contributed by atoms with Crippen molar-refractivity contribution in [1.82, 2.24) is 0 Å². The SMILES string of the molecule is CCCCC(COC(C)(C)C)OC(C)=O. The largest absolute Gasteiger partial charge is 0.460 e. The van der Waals surface area contributed by atoms with Gasteiger partial charge in [-0.3, -0.25) is 4.79 Å². The molecule has 0 radical (unpaired) electrons.